The fourth-order valence-corrected chi connectivity index (χ4v) is 3.45. The van der Waals surface area contributed by atoms with Gasteiger partial charge in [0.25, 0.3) is 5.91 Å². The molecule has 0 aliphatic carbocycles. The Labute approximate surface area is 171 Å². The Kier molecular flexibility index (Phi) is 6.27. The van der Waals surface area contributed by atoms with Crippen molar-refractivity contribution >= 4 is 22.8 Å². The minimum absolute atomic E-state index is 0.00721. The number of pyridine rings is 1. The Morgan fingerprint density at radius 3 is 2.34 bits per heavy atom. The van der Waals surface area contributed by atoms with E-state index < -0.39 is 5.97 Å². The predicted molar refractivity (Wildman–Crippen MR) is 114 cm³/mol. The lowest BCUT2D eigenvalue weighted by Crippen LogP contribution is -2.39. The Balaban J connectivity index is 1.74. The van der Waals surface area contributed by atoms with Gasteiger partial charge in [0.1, 0.15) is 0 Å². The number of nitrogens with zero attached hydrogens (tertiary/aromatic N) is 2. The molecule has 29 heavy (non-hydrogen) atoms. The molecule has 3 aromatic rings. The Hall–Kier alpha value is -3.21. The Morgan fingerprint density at radius 2 is 1.66 bits per heavy atom. The van der Waals surface area contributed by atoms with Gasteiger partial charge in [-0.2, -0.15) is 0 Å². The quantitative estimate of drug-likeness (QED) is 0.584. The van der Waals surface area contributed by atoms with Gasteiger partial charge in [-0.15, -0.1) is 0 Å². The molecular weight excluding hydrogens is 364 g/mol. The summed E-state index contributed by atoms with van der Waals surface area (Å²) in [5.74, 6) is -0.740. The summed E-state index contributed by atoms with van der Waals surface area (Å²) in [5, 5.41) is 0.907. The first-order valence-corrected chi connectivity index (χ1v) is 9.75. The van der Waals surface area contributed by atoms with Gasteiger partial charge < -0.3 is 9.64 Å². The number of hydrogen-bond donors (Lipinski definition) is 0. The van der Waals surface area contributed by atoms with Crippen LogP contribution in [0.5, 0.6) is 0 Å². The van der Waals surface area contributed by atoms with Crippen LogP contribution in [0.25, 0.3) is 10.9 Å². The van der Waals surface area contributed by atoms with E-state index in [0.717, 1.165) is 22.0 Å². The highest BCUT2D eigenvalue weighted by Crippen LogP contribution is 2.23. The third-order valence-corrected chi connectivity index (χ3v) is 5.00. The van der Waals surface area contributed by atoms with Crippen LogP contribution in [0.15, 0.2) is 54.6 Å². The monoisotopic (exact) mass is 390 g/mol. The second-order valence-electron chi connectivity index (χ2n) is 7.39. The third-order valence-electron chi connectivity index (χ3n) is 5.00. The summed E-state index contributed by atoms with van der Waals surface area (Å²) in [7, 11) is 0. The van der Waals surface area contributed by atoms with E-state index >= 15 is 0 Å². The highest BCUT2D eigenvalue weighted by Gasteiger charge is 2.22. The van der Waals surface area contributed by atoms with E-state index in [0.29, 0.717) is 17.8 Å². The summed E-state index contributed by atoms with van der Waals surface area (Å²) >= 11 is 0. The minimum atomic E-state index is -0.518. The summed E-state index contributed by atoms with van der Waals surface area (Å²) in [6.45, 7) is 7.74. The molecule has 2 aromatic carbocycles. The van der Waals surface area contributed by atoms with E-state index in [9.17, 15) is 9.59 Å². The number of aromatic nitrogens is 1. The first kappa shape index (κ1) is 20.5. The molecule has 1 aromatic heterocycles. The second-order valence-corrected chi connectivity index (χ2v) is 7.39. The topological polar surface area (TPSA) is 59.5 Å². The fourth-order valence-electron chi connectivity index (χ4n) is 3.45. The number of para-hydroxylation sites is 1. The molecule has 0 saturated heterocycles. The maximum Gasteiger partial charge on any atom is 0.340 e. The fraction of sp³-hybridized carbons (Fsp3) is 0.292. The molecule has 0 spiro atoms. The van der Waals surface area contributed by atoms with Crippen molar-refractivity contribution in [1.82, 2.24) is 9.88 Å². The molecule has 0 saturated carbocycles. The van der Waals surface area contributed by atoms with Crippen LogP contribution < -0.4 is 0 Å². The normalized spacial score (nSPS) is 10.9. The van der Waals surface area contributed by atoms with Crippen molar-refractivity contribution in [3.63, 3.8) is 0 Å². The van der Waals surface area contributed by atoms with Crippen molar-refractivity contribution in [2.24, 2.45) is 0 Å². The Bertz CT molecular complexity index is 1030. The van der Waals surface area contributed by atoms with E-state index in [4.69, 9.17) is 4.74 Å². The standard InChI is InChI=1S/C24H26N2O3/c1-16(2)26(14-19-10-6-5-7-11-19)22(27)15-29-24(28)23-17(3)20-12-8-9-13-21(20)25-18(23)4/h5-13,16H,14-15H2,1-4H3. The van der Waals surface area contributed by atoms with E-state index in [1.807, 2.05) is 75.4 Å². The zero-order valence-electron chi connectivity index (χ0n) is 17.3. The predicted octanol–water partition coefficient (Wildman–Crippen LogP) is 4.45. The number of carbonyl (C=O) groups excluding carboxylic acids is 2. The molecule has 0 aliphatic rings. The van der Waals surface area contributed by atoms with Crippen LogP contribution in [-0.2, 0) is 16.1 Å². The number of rotatable bonds is 6. The lowest BCUT2D eigenvalue weighted by Gasteiger charge is -2.26. The van der Waals surface area contributed by atoms with Gasteiger partial charge in [-0.05, 0) is 44.9 Å². The number of ether oxygens (including phenoxy) is 1. The van der Waals surface area contributed by atoms with Gasteiger partial charge in [0.05, 0.1) is 16.8 Å². The molecule has 0 atom stereocenters. The zero-order chi connectivity index (χ0) is 21.0. The van der Waals surface area contributed by atoms with Crippen molar-refractivity contribution in [1.29, 1.82) is 0 Å². The number of carbonyl (C=O) groups is 2. The van der Waals surface area contributed by atoms with Crippen molar-refractivity contribution < 1.29 is 14.3 Å². The summed E-state index contributed by atoms with van der Waals surface area (Å²) in [6, 6.07) is 17.4. The van der Waals surface area contributed by atoms with Crippen molar-refractivity contribution in [2.45, 2.75) is 40.3 Å². The van der Waals surface area contributed by atoms with Crippen LogP contribution in [-0.4, -0.2) is 34.4 Å². The molecule has 0 N–H and O–H groups in total. The van der Waals surface area contributed by atoms with Gasteiger partial charge in [-0.25, -0.2) is 4.79 Å². The zero-order valence-corrected chi connectivity index (χ0v) is 17.3. The number of fused-ring (bicyclic) bond motifs is 1. The molecule has 5 heteroatoms. The first-order valence-electron chi connectivity index (χ1n) is 9.75. The van der Waals surface area contributed by atoms with E-state index in [1.165, 1.54) is 0 Å². The van der Waals surface area contributed by atoms with Gasteiger partial charge in [0.2, 0.25) is 0 Å². The minimum Gasteiger partial charge on any atom is -0.452 e. The van der Waals surface area contributed by atoms with Gasteiger partial charge in [0.15, 0.2) is 6.61 Å². The highest BCUT2D eigenvalue weighted by atomic mass is 16.5. The second kappa shape index (κ2) is 8.86. The molecule has 150 valence electrons. The van der Waals surface area contributed by atoms with Crippen LogP contribution in [0.3, 0.4) is 0 Å². The van der Waals surface area contributed by atoms with Gasteiger partial charge in [0, 0.05) is 18.0 Å². The molecule has 5 nitrogen and oxygen atoms in total. The van der Waals surface area contributed by atoms with Gasteiger partial charge >= 0.3 is 5.97 Å². The van der Waals surface area contributed by atoms with Crippen molar-refractivity contribution in [3.8, 4) is 0 Å². The first-order chi connectivity index (χ1) is 13.9. The lowest BCUT2D eigenvalue weighted by atomic mass is 10.0. The number of hydrogen-bond acceptors (Lipinski definition) is 4. The molecule has 0 aliphatic heterocycles. The SMILES string of the molecule is Cc1nc2ccccc2c(C)c1C(=O)OCC(=O)N(Cc1ccccc1)C(C)C. The summed E-state index contributed by atoms with van der Waals surface area (Å²) in [4.78, 5) is 31.7. The van der Waals surface area contributed by atoms with Crippen LogP contribution in [0.4, 0.5) is 0 Å². The van der Waals surface area contributed by atoms with E-state index in [1.54, 1.807) is 11.8 Å². The molecule has 0 radical (unpaired) electrons. The lowest BCUT2D eigenvalue weighted by molar-refractivity contribution is -0.136. The van der Waals surface area contributed by atoms with Crippen molar-refractivity contribution in [3.05, 3.63) is 77.0 Å². The smallest absolute Gasteiger partial charge is 0.340 e. The number of amides is 1. The molecule has 0 bridgehead atoms. The summed E-state index contributed by atoms with van der Waals surface area (Å²) < 4.78 is 5.40. The molecular formula is C24H26N2O3. The number of aryl methyl sites for hydroxylation is 2. The highest BCUT2D eigenvalue weighted by molar-refractivity contribution is 5.99. The number of esters is 1. The number of benzene rings is 2. The van der Waals surface area contributed by atoms with Crippen LogP contribution in [0.2, 0.25) is 0 Å². The van der Waals surface area contributed by atoms with E-state index in [-0.39, 0.29) is 18.6 Å². The summed E-state index contributed by atoms with van der Waals surface area (Å²) in [6.07, 6.45) is 0. The van der Waals surface area contributed by atoms with Crippen LogP contribution in [0, 0.1) is 13.8 Å². The van der Waals surface area contributed by atoms with Crippen LogP contribution in [0.1, 0.15) is 41.0 Å². The van der Waals surface area contributed by atoms with Gasteiger partial charge in [-0.1, -0.05) is 48.5 Å². The molecule has 1 amide bonds. The van der Waals surface area contributed by atoms with E-state index in [2.05, 4.69) is 4.98 Å². The maximum absolute atomic E-state index is 12.8. The molecule has 1 heterocycles. The summed E-state index contributed by atoms with van der Waals surface area (Å²) in [5.41, 5.74) is 3.71. The maximum atomic E-state index is 12.8. The van der Waals surface area contributed by atoms with Crippen LogP contribution >= 0.6 is 0 Å². The largest absolute Gasteiger partial charge is 0.452 e. The Morgan fingerprint density at radius 1 is 1.00 bits per heavy atom. The average molecular weight is 390 g/mol. The van der Waals surface area contributed by atoms with Gasteiger partial charge in [-0.3, -0.25) is 9.78 Å². The molecule has 0 fully saturated rings. The molecule has 0 unspecified atom stereocenters. The van der Waals surface area contributed by atoms with Crippen molar-refractivity contribution in [2.75, 3.05) is 6.61 Å². The third kappa shape index (κ3) is 4.62. The average Bonchev–Trinajstić information content (AvgIpc) is 2.70. The molecule has 3 rings (SSSR count).